The van der Waals surface area contributed by atoms with Gasteiger partial charge in [0.25, 0.3) is 0 Å². The summed E-state index contributed by atoms with van der Waals surface area (Å²) in [6.07, 6.45) is 2.16. The van der Waals surface area contributed by atoms with E-state index in [-0.39, 0.29) is 6.71 Å². The molecule has 0 spiro atoms. The molecular weight excluding hydrogens is 491 g/mol. The van der Waals surface area contributed by atoms with Crippen LogP contribution in [0.2, 0.25) is 0 Å². The van der Waals surface area contributed by atoms with E-state index < -0.39 is 0 Å². The van der Waals surface area contributed by atoms with Crippen molar-refractivity contribution in [2.75, 3.05) is 0 Å². The molecule has 0 amide bonds. The average molecular weight is 529 g/mol. The van der Waals surface area contributed by atoms with Crippen molar-refractivity contribution in [3.63, 3.8) is 0 Å². The molecular formula is C40H37B. The third-order valence-corrected chi connectivity index (χ3v) is 9.49. The molecule has 0 radical (unpaired) electrons. The molecule has 0 nitrogen and oxygen atoms in total. The third-order valence-electron chi connectivity index (χ3n) is 9.49. The highest BCUT2D eigenvalue weighted by atomic mass is 14.2. The summed E-state index contributed by atoms with van der Waals surface area (Å²) in [6, 6.07) is 34.7. The van der Waals surface area contributed by atoms with E-state index in [1.165, 1.54) is 93.6 Å². The highest BCUT2D eigenvalue weighted by molar-refractivity contribution is 6.97. The van der Waals surface area contributed by atoms with Gasteiger partial charge >= 0.3 is 0 Å². The van der Waals surface area contributed by atoms with Crippen LogP contribution in [0.5, 0.6) is 0 Å². The lowest BCUT2D eigenvalue weighted by molar-refractivity contribution is 0.974. The van der Waals surface area contributed by atoms with Gasteiger partial charge in [0.15, 0.2) is 0 Å². The summed E-state index contributed by atoms with van der Waals surface area (Å²) in [5, 5.41) is 5.66. The number of aryl methyl sites for hydroxylation is 8. The molecule has 0 N–H and O–H groups in total. The predicted molar refractivity (Wildman–Crippen MR) is 180 cm³/mol. The Hall–Kier alpha value is -4.10. The summed E-state index contributed by atoms with van der Waals surface area (Å²) in [7, 11) is 0. The molecule has 6 aromatic carbocycles. The number of rotatable bonds is 4. The van der Waals surface area contributed by atoms with Crippen molar-refractivity contribution in [2.45, 2.75) is 54.4 Å². The van der Waals surface area contributed by atoms with Gasteiger partial charge in [-0.05, 0) is 98.2 Å². The van der Waals surface area contributed by atoms with Crippen molar-refractivity contribution in [1.82, 2.24) is 0 Å². The molecule has 200 valence electrons. The predicted octanol–water partition coefficient (Wildman–Crippen LogP) is 8.13. The van der Waals surface area contributed by atoms with E-state index in [1.807, 2.05) is 0 Å². The van der Waals surface area contributed by atoms with Crippen molar-refractivity contribution in [1.29, 1.82) is 0 Å². The van der Waals surface area contributed by atoms with E-state index in [9.17, 15) is 0 Å². The SMILES string of the molecule is Cc1cc(C)c(B(c2ccc3ccc4c(-c5ccccc5)ccc5c4c3c2CC5)c2c(C)cc(C)cc2C)c(C)c1. The second-order valence-corrected chi connectivity index (χ2v) is 12.4. The van der Waals surface area contributed by atoms with Crippen LogP contribution in [0.4, 0.5) is 0 Å². The van der Waals surface area contributed by atoms with Crippen molar-refractivity contribution < 1.29 is 0 Å². The van der Waals surface area contributed by atoms with Crippen LogP contribution >= 0.6 is 0 Å². The van der Waals surface area contributed by atoms with Crippen LogP contribution < -0.4 is 16.4 Å². The molecule has 0 saturated carbocycles. The molecule has 0 aromatic heterocycles. The first-order chi connectivity index (χ1) is 19.8. The van der Waals surface area contributed by atoms with Crippen molar-refractivity contribution in [2.24, 2.45) is 0 Å². The maximum absolute atomic E-state index is 2.46. The molecule has 0 fully saturated rings. The van der Waals surface area contributed by atoms with Crippen LogP contribution in [0.25, 0.3) is 32.7 Å². The monoisotopic (exact) mass is 528 g/mol. The Labute approximate surface area is 245 Å². The quantitative estimate of drug-likeness (QED) is 0.160. The summed E-state index contributed by atoms with van der Waals surface area (Å²) in [5.74, 6) is 0. The van der Waals surface area contributed by atoms with Gasteiger partial charge in [-0.25, -0.2) is 0 Å². The highest BCUT2D eigenvalue weighted by Gasteiger charge is 2.32. The fourth-order valence-corrected chi connectivity index (χ4v) is 8.05. The Morgan fingerprint density at radius 2 is 1.12 bits per heavy atom. The minimum absolute atomic E-state index is 0.199. The highest BCUT2D eigenvalue weighted by Crippen LogP contribution is 2.40. The zero-order valence-corrected chi connectivity index (χ0v) is 25.2. The second-order valence-electron chi connectivity index (χ2n) is 12.4. The van der Waals surface area contributed by atoms with E-state index in [2.05, 4.69) is 133 Å². The third kappa shape index (κ3) is 4.14. The molecule has 0 bridgehead atoms. The Kier molecular flexibility index (Phi) is 6.16. The second kappa shape index (κ2) is 9.77. The smallest absolute Gasteiger partial charge is 0.0661 e. The molecule has 0 aliphatic heterocycles. The Morgan fingerprint density at radius 1 is 0.537 bits per heavy atom. The summed E-state index contributed by atoms with van der Waals surface area (Å²) in [6.45, 7) is 13.9. The maximum atomic E-state index is 2.46. The first-order valence-electron chi connectivity index (χ1n) is 15.0. The zero-order chi connectivity index (χ0) is 28.4. The van der Waals surface area contributed by atoms with Crippen LogP contribution in [-0.4, -0.2) is 6.71 Å². The lowest BCUT2D eigenvalue weighted by atomic mass is 9.33. The molecule has 0 saturated heterocycles. The number of benzene rings is 6. The van der Waals surface area contributed by atoms with E-state index in [0.29, 0.717) is 0 Å². The molecule has 1 aliphatic carbocycles. The van der Waals surface area contributed by atoms with Crippen LogP contribution in [-0.2, 0) is 12.8 Å². The molecule has 0 atom stereocenters. The Morgan fingerprint density at radius 3 is 1.73 bits per heavy atom. The number of hydrogen-bond acceptors (Lipinski definition) is 0. The van der Waals surface area contributed by atoms with Gasteiger partial charge in [-0.15, -0.1) is 0 Å². The van der Waals surface area contributed by atoms with E-state index >= 15 is 0 Å². The lowest BCUT2D eigenvalue weighted by Crippen LogP contribution is -2.57. The Balaban J connectivity index is 1.59. The van der Waals surface area contributed by atoms with Crippen LogP contribution in [0.3, 0.4) is 0 Å². The van der Waals surface area contributed by atoms with Crippen molar-refractivity contribution in [3.8, 4) is 11.1 Å². The molecule has 1 heteroatoms. The van der Waals surface area contributed by atoms with Gasteiger partial charge in [0.05, 0.1) is 0 Å². The summed E-state index contributed by atoms with van der Waals surface area (Å²) >= 11 is 0. The van der Waals surface area contributed by atoms with E-state index in [4.69, 9.17) is 0 Å². The van der Waals surface area contributed by atoms with Crippen LogP contribution in [0.15, 0.2) is 91.0 Å². The van der Waals surface area contributed by atoms with Crippen molar-refractivity contribution in [3.05, 3.63) is 136 Å². The van der Waals surface area contributed by atoms with Crippen LogP contribution in [0.1, 0.15) is 44.5 Å². The molecule has 6 aromatic rings. The number of hydrogen-bond donors (Lipinski definition) is 0. The minimum atomic E-state index is 0.199. The summed E-state index contributed by atoms with van der Waals surface area (Å²) < 4.78 is 0. The van der Waals surface area contributed by atoms with Gasteiger partial charge in [-0.2, -0.15) is 0 Å². The van der Waals surface area contributed by atoms with Crippen LogP contribution in [0, 0.1) is 41.5 Å². The van der Waals surface area contributed by atoms with Gasteiger partial charge in [-0.3, -0.25) is 0 Å². The topological polar surface area (TPSA) is 0 Å². The summed E-state index contributed by atoms with van der Waals surface area (Å²) in [4.78, 5) is 0. The first-order valence-corrected chi connectivity index (χ1v) is 15.0. The molecule has 7 rings (SSSR count). The molecule has 41 heavy (non-hydrogen) atoms. The average Bonchev–Trinajstić information content (AvgIpc) is 2.94. The normalized spacial score (nSPS) is 12.4. The minimum Gasteiger partial charge on any atom is -0.0661 e. The van der Waals surface area contributed by atoms with Gasteiger partial charge < -0.3 is 0 Å². The Bertz CT molecular complexity index is 1890. The van der Waals surface area contributed by atoms with Gasteiger partial charge in [-0.1, -0.05) is 141 Å². The fourth-order valence-electron chi connectivity index (χ4n) is 8.05. The standard InChI is InChI=1S/C40H37B/c1-24-20-26(3)39(27(4)21-24)41(40-28(5)22-25(2)23-29(40)6)36-19-15-32-13-17-34-33(30-10-8-7-9-11-30)16-12-31-14-18-35(36)38(32)37(31)34/h7-13,15-17,19-23H,14,18H2,1-6H3. The van der Waals surface area contributed by atoms with Gasteiger partial charge in [0, 0.05) is 0 Å². The van der Waals surface area contributed by atoms with E-state index in [1.54, 1.807) is 0 Å². The van der Waals surface area contributed by atoms with Gasteiger partial charge in [0.2, 0.25) is 6.71 Å². The maximum Gasteiger partial charge on any atom is 0.242 e. The summed E-state index contributed by atoms with van der Waals surface area (Å²) in [5.41, 5.74) is 18.3. The first kappa shape index (κ1) is 25.8. The van der Waals surface area contributed by atoms with Crippen molar-refractivity contribution >= 4 is 44.6 Å². The lowest BCUT2D eigenvalue weighted by Gasteiger charge is -2.29. The molecule has 1 aliphatic rings. The molecule has 0 heterocycles. The largest absolute Gasteiger partial charge is 0.242 e. The molecule has 0 unspecified atom stereocenters. The zero-order valence-electron chi connectivity index (χ0n) is 25.2. The van der Waals surface area contributed by atoms with Gasteiger partial charge in [0.1, 0.15) is 0 Å². The fraction of sp³-hybridized carbons (Fsp3) is 0.200. The van der Waals surface area contributed by atoms with E-state index in [0.717, 1.165) is 12.8 Å².